The molecule has 1 amide bonds. The predicted molar refractivity (Wildman–Crippen MR) is 111 cm³/mol. The maximum Gasteiger partial charge on any atom is 0.268 e. The average Bonchev–Trinajstić information content (AvgIpc) is 3.49. The topological polar surface area (TPSA) is 67.2 Å². The van der Waals surface area contributed by atoms with Crippen LogP contribution in [-0.2, 0) is 11.3 Å². The summed E-state index contributed by atoms with van der Waals surface area (Å²) in [5, 5.41) is 7.35. The number of aryl methyl sites for hydroxylation is 1. The van der Waals surface area contributed by atoms with E-state index in [1.54, 1.807) is 16.9 Å². The molecule has 2 fully saturated rings. The predicted octanol–water partition coefficient (Wildman–Crippen LogP) is 3.21. The molecular weight excluding hydrogens is 352 g/mol. The van der Waals surface area contributed by atoms with Crippen LogP contribution in [0.4, 0.5) is 11.4 Å². The fourth-order valence-corrected chi connectivity index (χ4v) is 3.86. The number of nitrogens with zero attached hydrogens (tertiary/aromatic N) is 3. The highest BCUT2D eigenvalue weighted by Crippen LogP contribution is 2.30. The first kappa shape index (κ1) is 18.7. The summed E-state index contributed by atoms with van der Waals surface area (Å²) in [5.41, 5.74) is 2.87. The van der Waals surface area contributed by atoms with Crippen molar-refractivity contribution in [2.45, 2.75) is 45.6 Å². The van der Waals surface area contributed by atoms with Crippen molar-refractivity contribution in [3.05, 3.63) is 52.4 Å². The first-order chi connectivity index (χ1) is 13.6. The Hall–Kier alpha value is -2.63. The van der Waals surface area contributed by atoms with Crippen LogP contribution in [0.2, 0.25) is 0 Å². The Kier molecular flexibility index (Phi) is 5.46. The first-order valence-electron chi connectivity index (χ1n) is 10.3. The molecule has 6 nitrogen and oxygen atoms in total. The number of carbonyl (C=O) groups excluding carboxylic acids is 1. The third kappa shape index (κ3) is 4.80. The fraction of sp³-hybridized carbons (Fsp3) is 0.500. The number of aromatic nitrogens is 2. The number of piperidine rings is 1. The van der Waals surface area contributed by atoms with Crippen LogP contribution in [0.1, 0.15) is 37.7 Å². The quantitative estimate of drug-likeness (QED) is 0.836. The van der Waals surface area contributed by atoms with Crippen molar-refractivity contribution < 1.29 is 4.79 Å². The Morgan fingerprint density at radius 3 is 2.68 bits per heavy atom. The number of anilines is 2. The molecule has 1 aromatic heterocycles. The number of carbonyl (C=O) groups is 1. The van der Waals surface area contributed by atoms with Crippen LogP contribution < -0.4 is 15.8 Å². The zero-order valence-electron chi connectivity index (χ0n) is 16.4. The van der Waals surface area contributed by atoms with Gasteiger partial charge in [0, 0.05) is 37.8 Å². The summed E-state index contributed by atoms with van der Waals surface area (Å²) in [7, 11) is 0. The number of hydrogen-bond donors (Lipinski definition) is 1. The second-order valence-corrected chi connectivity index (χ2v) is 8.25. The van der Waals surface area contributed by atoms with Crippen LogP contribution >= 0.6 is 0 Å². The number of benzene rings is 1. The molecule has 6 heteroatoms. The lowest BCUT2D eigenvalue weighted by molar-refractivity contribution is -0.117. The molecule has 1 aliphatic heterocycles. The molecule has 1 unspecified atom stereocenters. The molecule has 4 rings (SSSR count). The minimum atomic E-state index is -0.0244. The van der Waals surface area contributed by atoms with Gasteiger partial charge in [0.1, 0.15) is 0 Å². The van der Waals surface area contributed by atoms with Gasteiger partial charge >= 0.3 is 0 Å². The third-order valence-electron chi connectivity index (χ3n) is 5.68. The van der Waals surface area contributed by atoms with E-state index in [0.717, 1.165) is 43.9 Å². The summed E-state index contributed by atoms with van der Waals surface area (Å²) in [4.78, 5) is 27.0. The number of rotatable bonds is 6. The van der Waals surface area contributed by atoms with Crippen molar-refractivity contribution >= 4 is 17.3 Å². The van der Waals surface area contributed by atoms with Crippen molar-refractivity contribution in [3.63, 3.8) is 0 Å². The molecule has 2 heterocycles. The van der Waals surface area contributed by atoms with Gasteiger partial charge in [-0.15, -0.1) is 0 Å². The Bertz CT molecular complexity index is 886. The van der Waals surface area contributed by atoms with Crippen LogP contribution in [0, 0.1) is 18.8 Å². The standard InChI is InChI=1S/C22H28N4O2/c1-16-4-8-19(9-5-16)24-21(27)11-18-3-2-10-25(14-18)20-12-22(28)26(23-13-20)15-17-6-7-17/h4-5,8-9,12-13,17-18H,2-3,6-7,10-11,14-15H2,1H3,(H,24,27). The monoisotopic (exact) mass is 380 g/mol. The lowest BCUT2D eigenvalue weighted by Crippen LogP contribution is -2.38. The van der Waals surface area contributed by atoms with E-state index in [4.69, 9.17) is 0 Å². The number of hydrogen-bond acceptors (Lipinski definition) is 4. The smallest absolute Gasteiger partial charge is 0.268 e. The highest BCUT2D eigenvalue weighted by molar-refractivity contribution is 5.90. The maximum atomic E-state index is 12.4. The lowest BCUT2D eigenvalue weighted by atomic mass is 9.94. The van der Waals surface area contributed by atoms with Crippen molar-refractivity contribution in [1.82, 2.24) is 9.78 Å². The Morgan fingerprint density at radius 1 is 1.18 bits per heavy atom. The Morgan fingerprint density at radius 2 is 1.96 bits per heavy atom. The van der Waals surface area contributed by atoms with Crippen molar-refractivity contribution in [2.24, 2.45) is 11.8 Å². The second-order valence-electron chi connectivity index (χ2n) is 8.25. The molecule has 148 valence electrons. The molecule has 2 aromatic rings. The van der Waals surface area contributed by atoms with E-state index < -0.39 is 0 Å². The Balaban J connectivity index is 1.34. The number of nitrogens with one attached hydrogen (secondary N) is 1. The lowest BCUT2D eigenvalue weighted by Gasteiger charge is -2.34. The van der Waals surface area contributed by atoms with Crippen LogP contribution in [0.3, 0.4) is 0 Å². The normalized spacial score (nSPS) is 19.5. The summed E-state index contributed by atoms with van der Waals surface area (Å²) in [6.07, 6.45) is 6.76. The molecule has 1 atom stereocenters. The van der Waals surface area contributed by atoms with Gasteiger partial charge in [0.05, 0.1) is 11.9 Å². The van der Waals surface area contributed by atoms with E-state index in [1.807, 2.05) is 31.2 Å². The molecule has 0 bridgehead atoms. The van der Waals surface area contributed by atoms with E-state index in [-0.39, 0.29) is 17.4 Å². The van der Waals surface area contributed by atoms with Crippen LogP contribution in [-0.4, -0.2) is 28.8 Å². The molecular formula is C22H28N4O2. The van der Waals surface area contributed by atoms with Gasteiger partial charge in [-0.05, 0) is 56.6 Å². The minimum Gasteiger partial charge on any atom is -0.370 e. The molecule has 1 aliphatic carbocycles. The van der Waals surface area contributed by atoms with Gasteiger partial charge in [-0.1, -0.05) is 17.7 Å². The number of amides is 1. The van der Waals surface area contributed by atoms with E-state index in [0.29, 0.717) is 12.3 Å². The first-order valence-corrected chi connectivity index (χ1v) is 10.3. The molecule has 28 heavy (non-hydrogen) atoms. The summed E-state index contributed by atoms with van der Waals surface area (Å²) >= 11 is 0. The van der Waals surface area contributed by atoms with Crippen molar-refractivity contribution in [2.75, 3.05) is 23.3 Å². The maximum absolute atomic E-state index is 12.4. The molecule has 0 spiro atoms. The molecule has 1 saturated carbocycles. The van der Waals surface area contributed by atoms with Gasteiger partial charge in [-0.2, -0.15) is 5.10 Å². The largest absolute Gasteiger partial charge is 0.370 e. The van der Waals surface area contributed by atoms with Crippen LogP contribution in [0.25, 0.3) is 0 Å². The minimum absolute atomic E-state index is 0.0244. The molecule has 1 aromatic carbocycles. The van der Waals surface area contributed by atoms with E-state index in [9.17, 15) is 9.59 Å². The summed E-state index contributed by atoms with van der Waals surface area (Å²) in [5.74, 6) is 0.962. The van der Waals surface area contributed by atoms with Gasteiger partial charge in [0.2, 0.25) is 5.91 Å². The van der Waals surface area contributed by atoms with E-state index in [1.165, 1.54) is 18.4 Å². The summed E-state index contributed by atoms with van der Waals surface area (Å²) in [6.45, 7) is 4.46. The highest BCUT2D eigenvalue weighted by Gasteiger charge is 2.25. The van der Waals surface area contributed by atoms with Crippen molar-refractivity contribution in [1.29, 1.82) is 0 Å². The van der Waals surface area contributed by atoms with Gasteiger partial charge in [-0.25, -0.2) is 4.68 Å². The Labute approximate surface area is 165 Å². The average molecular weight is 380 g/mol. The van der Waals surface area contributed by atoms with Gasteiger partial charge in [-0.3, -0.25) is 9.59 Å². The van der Waals surface area contributed by atoms with E-state index in [2.05, 4.69) is 15.3 Å². The zero-order valence-corrected chi connectivity index (χ0v) is 16.4. The SMILES string of the molecule is Cc1ccc(NC(=O)CC2CCCN(c3cnn(CC4CC4)c(=O)c3)C2)cc1. The van der Waals surface area contributed by atoms with Gasteiger partial charge < -0.3 is 10.2 Å². The summed E-state index contributed by atoms with van der Waals surface area (Å²) < 4.78 is 1.58. The third-order valence-corrected chi connectivity index (χ3v) is 5.68. The molecule has 1 saturated heterocycles. The molecule has 0 radical (unpaired) electrons. The van der Waals surface area contributed by atoms with Crippen LogP contribution in [0.15, 0.2) is 41.3 Å². The highest BCUT2D eigenvalue weighted by atomic mass is 16.1. The fourth-order valence-electron chi connectivity index (χ4n) is 3.86. The van der Waals surface area contributed by atoms with Crippen molar-refractivity contribution in [3.8, 4) is 0 Å². The van der Waals surface area contributed by atoms with Gasteiger partial charge in [0.15, 0.2) is 0 Å². The second kappa shape index (κ2) is 8.17. The van der Waals surface area contributed by atoms with Crippen LogP contribution in [0.5, 0.6) is 0 Å². The van der Waals surface area contributed by atoms with Gasteiger partial charge in [0.25, 0.3) is 5.56 Å². The molecule has 1 N–H and O–H groups in total. The molecule has 2 aliphatic rings. The van der Waals surface area contributed by atoms with E-state index >= 15 is 0 Å². The zero-order chi connectivity index (χ0) is 19.5. The summed E-state index contributed by atoms with van der Waals surface area (Å²) in [6, 6.07) is 9.56.